The highest BCUT2D eigenvalue weighted by atomic mass is 32.2. The lowest BCUT2D eigenvalue weighted by Gasteiger charge is -2.26. The van der Waals surface area contributed by atoms with Crippen LogP contribution < -0.4 is 10.0 Å². The summed E-state index contributed by atoms with van der Waals surface area (Å²) in [7, 11) is -2.40. The molecule has 8 heteroatoms. The normalized spacial score (nSPS) is 16.0. The first-order valence-electron chi connectivity index (χ1n) is 9.59. The minimum Gasteiger partial charge on any atom is -0.465 e. The van der Waals surface area contributed by atoms with Crippen molar-refractivity contribution in [1.82, 2.24) is 4.98 Å². The molecule has 1 aromatic heterocycles. The Morgan fingerprint density at radius 1 is 1.27 bits per heavy atom. The maximum absolute atomic E-state index is 12.6. The summed E-state index contributed by atoms with van der Waals surface area (Å²) in [6, 6.07) is 12.7. The first-order chi connectivity index (χ1) is 14.2. The van der Waals surface area contributed by atoms with E-state index in [4.69, 9.17) is 14.9 Å². The highest BCUT2D eigenvalue weighted by Crippen LogP contribution is 2.36. The van der Waals surface area contributed by atoms with Gasteiger partial charge in [0.25, 0.3) is 0 Å². The Morgan fingerprint density at radius 3 is 2.70 bits per heavy atom. The van der Waals surface area contributed by atoms with Crippen molar-refractivity contribution in [2.75, 3.05) is 12.0 Å². The van der Waals surface area contributed by atoms with E-state index in [1.165, 1.54) is 13.2 Å². The number of ether oxygens (including phenoxy) is 1. The van der Waals surface area contributed by atoms with Crippen molar-refractivity contribution < 1.29 is 17.9 Å². The molecule has 0 spiro atoms. The molecular weight excluding hydrogens is 402 g/mol. The lowest BCUT2D eigenvalue weighted by molar-refractivity contribution is 0.0598. The van der Waals surface area contributed by atoms with E-state index in [9.17, 15) is 13.2 Å². The summed E-state index contributed by atoms with van der Waals surface area (Å²) in [6.45, 7) is 4.36. The molecule has 1 atom stereocenters. The Bertz CT molecular complexity index is 1270. The van der Waals surface area contributed by atoms with E-state index in [0.717, 1.165) is 27.7 Å². The summed E-state index contributed by atoms with van der Waals surface area (Å²) in [5.41, 5.74) is 4.57. The minimum atomic E-state index is -3.76. The number of sulfonamides is 1. The van der Waals surface area contributed by atoms with Gasteiger partial charge in [-0.05, 0) is 55.7 Å². The van der Waals surface area contributed by atoms with Crippen molar-refractivity contribution in [3.63, 3.8) is 0 Å². The second-order valence-electron chi connectivity index (χ2n) is 7.58. The Balaban J connectivity index is 1.81. The van der Waals surface area contributed by atoms with Crippen LogP contribution in [0.3, 0.4) is 0 Å². The number of rotatable bonds is 4. The summed E-state index contributed by atoms with van der Waals surface area (Å²) in [5, 5.41) is 6.19. The number of nitrogens with two attached hydrogens (primary N) is 1. The molecule has 7 nitrogen and oxygen atoms in total. The SMILES string of the molecule is COC(=O)c1c(CN2c3ccc(S(N)(=O)=O)cc3CC2C)nc2ccccc2c1C. The summed E-state index contributed by atoms with van der Waals surface area (Å²) in [6.07, 6.45) is 0.679. The van der Waals surface area contributed by atoms with Gasteiger partial charge in [0.1, 0.15) is 0 Å². The van der Waals surface area contributed by atoms with Gasteiger partial charge in [0.05, 0.1) is 35.3 Å². The number of nitrogens with zero attached hydrogens (tertiary/aromatic N) is 2. The first kappa shape index (κ1) is 20.3. The zero-order chi connectivity index (χ0) is 21.6. The molecule has 2 heterocycles. The van der Waals surface area contributed by atoms with Crippen molar-refractivity contribution in [2.45, 2.75) is 37.8 Å². The van der Waals surface area contributed by atoms with Gasteiger partial charge in [-0.3, -0.25) is 4.98 Å². The molecule has 0 aliphatic carbocycles. The van der Waals surface area contributed by atoms with E-state index in [2.05, 4.69) is 11.8 Å². The molecule has 0 radical (unpaired) electrons. The molecule has 0 bridgehead atoms. The van der Waals surface area contributed by atoms with Crippen molar-refractivity contribution in [3.8, 4) is 0 Å². The standard InChI is InChI=1S/C22H23N3O4S/c1-13-10-15-11-16(30(23,27)28)8-9-20(15)25(13)12-19-21(22(26)29-3)14(2)17-6-4-5-7-18(17)24-19/h4-9,11,13H,10,12H2,1-3H3,(H2,23,27,28). The molecule has 0 saturated heterocycles. The smallest absolute Gasteiger partial charge is 0.340 e. The van der Waals surface area contributed by atoms with Gasteiger partial charge in [-0.2, -0.15) is 0 Å². The van der Waals surface area contributed by atoms with Gasteiger partial charge in [0.2, 0.25) is 10.0 Å². The van der Waals surface area contributed by atoms with Crippen molar-refractivity contribution in [1.29, 1.82) is 0 Å². The Labute approximate surface area is 175 Å². The van der Waals surface area contributed by atoms with Crippen LogP contribution in [-0.4, -0.2) is 32.5 Å². The van der Waals surface area contributed by atoms with Crippen molar-refractivity contribution >= 4 is 32.6 Å². The van der Waals surface area contributed by atoms with Crippen LogP contribution in [0.25, 0.3) is 10.9 Å². The number of hydrogen-bond acceptors (Lipinski definition) is 6. The number of aryl methyl sites for hydroxylation is 1. The molecule has 1 aliphatic heterocycles. The fourth-order valence-corrected chi connectivity index (χ4v) is 4.74. The molecule has 30 heavy (non-hydrogen) atoms. The van der Waals surface area contributed by atoms with Crippen LogP contribution in [0.2, 0.25) is 0 Å². The lowest BCUT2D eigenvalue weighted by Crippen LogP contribution is -2.30. The second kappa shape index (κ2) is 7.37. The van der Waals surface area contributed by atoms with Crippen LogP contribution in [0, 0.1) is 6.92 Å². The molecule has 0 fully saturated rings. The fourth-order valence-electron chi connectivity index (χ4n) is 4.18. The number of benzene rings is 2. The van der Waals surface area contributed by atoms with E-state index in [0.29, 0.717) is 24.2 Å². The molecule has 156 valence electrons. The van der Waals surface area contributed by atoms with Crippen LogP contribution in [-0.2, 0) is 27.7 Å². The minimum absolute atomic E-state index is 0.102. The highest BCUT2D eigenvalue weighted by molar-refractivity contribution is 7.89. The summed E-state index contributed by atoms with van der Waals surface area (Å²) < 4.78 is 28.5. The molecule has 2 aromatic carbocycles. The highest BCUT2D eigenvalue weighted by Gasteiger charge is 2.30. The number of carbonyl (C=O) groups is 1. The Hall–Kier alpha value is -2.97. The van der Waals surface area contributed by atoms with Gasteiger partial charge in [0.15, 0.2) is 0 Å². The molecule has 2 N–H and O–H groups in total. The third kappa shape index (κ3) is 3.42. The second-order valence-corrected chi connectivity index (χ2v) is 9.15. The third-order valence-corrected chi connectivity index (χ3v) is 6.58. The topological polar surface area (TPSA) is 103 Å². The largest absolute Gasteiger partial charge is 0.465 e. The predicted molar refractivity (Wildman–Crippen MR) is 115 cm³/mol. The molecule has 0 saturated carbocycles. The number of aromatic nitrogens is 1. The predicted octanol–water partition coefficient (Wildman–Crippen LogP) is 2.93. The quantitative estimate of drug-likeness (QED) is 0.645. The van der Waals surface area contributed by atoms with Gasteiger partial charge in [-0.15, -0.1) is 0 Å². The van der Waals surface area contributed by atoms with Gasteiger partial charge < -0.3 is 9.64 Å². The average Bonchev–Trinajstić information content (AvgIpc) is 3.01. The molecule has 1 unspecified atom stereocenters. The van der Waals surface area contributed by atoms with Crippen LogP contribution in [0.4, 0.5) is 5.69 Å². The number of esters is 1. The average molecular weight is 426 g/mol. The van der Waals surface area contributed by atoms with Crippen LogP contribution in [0.15, 0.2) is 47.4 Å². The van der Waals surface area contributed by atoms with Gasteiger partial charge >= 0.3 is 5.97 Å². The van der Waals surface area contributed by atoms with E-state index in [1.807, 2.05) is 31.2 Å². The number of primary sulfonamides is 1. The maximum atomic E-state index is 12.6. The van der Waals surface area contributed by atoms with Crippen LogP contribution in [0.5, 0.6) is 0 Å². The van der Waals surface area contributed by atoms with E-state index >= 15 is 0 Å². The first-order valence-corrected chi connectivity index (χ1v) is 11.1. The molecule has 4 rings (SSSR count). The van der Waals surface area contributed by atoms with Gasteiger partial charge in [-0.1, -0.05) is 18.2 Å². The van der Waals surface area contributed by atoms with E-state index < -0.39 is 16.0 Å². The Kier molecular flexibility index (Phi) is 4.99. The van der Waals surface area contributed by atoms with Gasteiger partial charge in [-0.25, -0.2) is 18.4 Å². The number of hydrogen-bond donors (Lipinski definition) is 1. The zero-order valence-corrected chi connectivity index (χ0v) is 17.9. The molecular formula is C22H23N3O4S. The number of methoxy groups -OCH3 is 1. The zero-order valence-electron chi connectivity index (χ0n) is 17.0. The molecule has 1 aliphatic rings. The Morgan fingerprint density at radius 2 is 2.00 bits per heavy atom. The number of carbonyl (C=O) groups excluding carboxylic acids is 1. The monoisotopic (exact) mass is 425 g/mol. The summed E-state index contributed by atoms with van der Waals surface area (Å²) in [4.78, 5) is 19.6. The fraction of sp³-hybridized carbons (Fsp3) is 0.273. The van der Waals surface area contributed by atoms with Gasteiger partial charge in [0, 0.05) is 17.1 Å². The summed E-state index contributed by atoms with van der Waals surface area (Å²) in [5.74, 6) is -0.419. The maximum Gasteiger partial charge on any atom is 0.340 e. The number of anilines is 1. The number of para-hydroxylation sites is 1. The summed E-state index contributed by atoms with van der Waals surface area (Å²) >= 11 is 0. The molecule has 0 amide bonds. The third-order valence-electron chi connectivity index (χ3n) is 5.67. The lowest BCUT2D eigenvalue weighted by atomic mass is 10.0. The van der Waals surface area contributed by atoms with Crippen molar-refractivity contribution in [3.05, 3.63) is 64.8 Å². The van der Waals surface area contributed by atoms with E-state index in [1.54, 1.807) is 12.1 Å². The molecule has 3 aromatic rings. The number of fused-ring (bicyclic) bond motifs is 2. The van der Waals surface area contributed by atoms with Crippen LogP contribution >= 0.6 is 0 Å². The number of pyridine rings is 1. The van der Waals surface area contributed by atoms with Crippen LogP contribution in [0.1, 0.15) is 34.1 Å². The van der Waals surface area contributed by atoms with Crippen molar-refractivity contribution in [2.24, 2.45) is 5.14 Å². The van der Waals surface area contributed by atoms with E-state index in [-0.39, 0.29) is 10.9 Å².